The number of aromatic nitrogens is 1. The average Bonchev–Trinajstić information content (AvgIpc) is 3.10. The molecule has 4 rings (SSSR count). The molecular weight excluding hydrogens is 314 g/mol. The topological polar surface area (TPSA) is 58.4 Å². The first-order chi connectivity index (χ1) is 12.3. The summed E-state index contributed by atoms with van der Waals surface area (Å²) in [5, 5.41) is 3.27. The zero-order chi connectivity index (χ0) is 17.1. The van der Waals surface area contributed by atoms with Crippen molar-refractivity contribution in [1.29, 1.82) is 0 Å². The normalized spacial score (nSPS) is 17.6. The van der Waals surface area contributed by atoms with Gasteiger partial charge in [0.25, 0.3) is 11.9 Å². The van der Waals surface area contributed by atoms with Gasteiger partial charge in [0.05, 0.1) is 0 Å². The maximum Gasteiger partial charge on any atom is 0.295 e. The van der Waals surface area contributed by atoms with Crippen LogP contribution in [0.3, 0.4) is 0 Å². The van der Waals surface area contributed by atoms with Crippen molar-refractivity contribution in [1.82, 2.24) is 9.88 Å². The van der Waals surface area contributed by atoms with E-state index in [4.69, 9.17) is 4.42 Å². The number of amides is 1. The van der Waals surface area contributed by atoms with Crippen molar-refractivity contribution in [2.24, 2.45) is 0 Å². The zero-order valence-electron chi connectivity index (χ0n) is 14.0. The van der Waals surface area contributed by atoms with Crippen molar-refractivity contribution in [3.63, 3.8) is 0 Å². The van der Waals surface area contributed by atoms with Gasteiger partial charge >= 0.3 is 0 Å². The standard InChI is InChI=1S/C20H21N3O2/c24-19(15-8-2-1-3-9-15)23-13-7-6-10-16(23)14-21-20-22-17-11-4-5-12-18(17)25-20/h1-5,8-9,11-12,16H,6-7,10,13-14H2,(H,21,22). The van der Waals surface area contributed by atoms with E-state index in [0.29, 0.717) is 12.6 Å². The lowest BCUT2D eigenvalue weighted by Crippen LogP contribution is -2.47. The van der Waals surface area contributed by atoms with Gasteiger partial charge in [-0.25, -0.2) is 0 Å². The molecule has 2 heterocycles. The van der Waals surface area contributed by atoms with E-state index in [0.717, 1.165) is 42.5 Å². The molecule has 0 radical (unpaired) electrons. The largest absolute Gasteiger partial charge is 0.424 e. The summed E-state index contributed by atoms with van der Waals surface area (Å²) in [4.78, 5) is 19.2. The molecule has 0 aliphatic carbocycles. The molecule has 3 aromatic rings. The smallest absolute Gasteiger partial charge is 0.295 e. The number of piperidine rings is 1. The minimum absolute atomic E-state index is 0.102. The number of likely N-dealkylation sites (tertiary alicyclic amines) is 1. The molecule has 1 aliphatic heterocycles. The van der Waals surface area contributed by atoms with Gasteiger partial charge in [-0.1, -0.05) is 30.3 Å². The van der Waals surface area contributed by atoms with Crippen LogP contribution in [0, 0.1) is 0 Å². The molecule has 0 saturated carbocycles. The lowest BCUT2D eigenvalue weighted by molar-refractivity contribution is 0.0627. The Balaban J connectivity index is 1.46. The lowest BCUT2D eigenvalue weighted by atomic mass is 10.0. The predicted octanol–water partition coefficient (Wildman–Crippen LogP) is 3.93. The fourth-order valence-electron chi connectivity index (χ4n) is 3.38. The van der Waals surface area contributed by atoms with Crippen molar-refractivity contribution >= 4 is 23.0 Å². The van der Waals surface area contributed by atoms with Crippen LogP contribution in [0.5, 0.6) is 0 Å². The third-order valence-corrected chi connectivity index (χ3v) is 4.69. The van der Waals surface area contributed by atoms with Crippen molar-refractivity contribution in [3.8, 4) is 0 Å². The van der Waals surface area contributed by atoms with Crippen molar-refractivity contribution in [3.05, 3.63) is 60.2 Å². The molecule has 128 valence electrons. The Kier molecular flexibility index (Phi) is 4.37. The summed E-state index contributed by atoms with van der Waals surface area (Å²) in [6, 6.07) is 17.9. The highest BCUT2D eigenvalue weighted by Gasteiger charge is 2.27. The summed E-state index contributed by atoms with van der Waals surface area (Å²) in [5.41, 5.74) is 2.35. The number of anilines is 1. The van der Waals surface area contributed by atoms with Crippen LogP contribution in [-0.2, 0) is 0 Å². The van der Waals surface area contributed by atoms with Crippen molar-refractivity contribution < 1.29 is 9.21 Å². The molecule has 5 nitrogen and oxygen atoms in total. The van der Waals surface area contributed by atoms with Crippen LogP contribution >= 0.6 is 0 Å². The SMILES string of the molecule is O=C(c1ccccc1)N1CCCCC1CNc1nc2ccccc2o1. The average molecular weight is 335 g/mol. The molecule has 0 spiro atoms. The summed E-state index contributed by atoms with van der Waals surface area (Å²) in [7, 11) is 0. The van der Waals surface area contributed by atoms with E-state index in [1.807, 2.05) is 59.5 Å². The fraction of sp³-hybridized carbons (Fsp3) is 0.300. The molecule has 1 amide bonds. The molecule has 1 unspecified atom stereocenters. The van der Waals surface area contributed by atoms with E-state index in [9.17, 15) is 4.79 Å². The second-order valence-corrected chi connectivity index (χ2v) is 6.38. The van der Waals surface area contributed by atoms with Gasteiger partial charge in [-0.2, -0.15) is 4.98 Å². The van der Waals surface area contributed by atoms with Gasteiger partial charge < -0.3 is 14.6 Å². The van der Waals surface area contributed by atoms with Crippen LogP contribution in [0.4, 0.5) is 6.01 Å². The highest BCUT2D eigenvalue weighted by molar-refractivity contribution is 5.94. The maximum atomic E-state index is 12.8. The summed E-state index contributed by atoms with van der Waals surface area (Å²) in [5.74, 6) is 0.102. The zero-order valence-corrected chi connectivity index (χ0v) is 14.0. The van der Waals surface area contributed by atoms with Crippen LogP contribution in [0.15, 0.2) is 59.0 Å². The van der Waals surface area contributed by atoms with E-state index in [1.165, 1.54) is 0 Å². The number of nitrogens with zero attached hydrogens (tertiary/aromatic N) is 2. The van der Waals surface area contributed by atoms with Gasteiger partial charge in [-0.3, -0.25) is 4.79 Å². The van der Waals surface area contributed by atoms with Crippen LogP contribution in [-0.4, -0.2) is 34.9 Å². The van der Waals surface area contributed by atoms with Gasteiger partial charge in [0.1, 0.15) is 5.52 Å². The number of hydrogen-bond acceptors (Lipinski definition) is 4. The van der Waals surface area contributed by atoms with Gasteiger partial charge in [-0.05, 0) is 43.5 Å². The third-order valence-electron chi connectivity index (χ3n) is 4.69. The van der Waals surface area contributed by atoms with Gasteiger partial charge in [0.2, 0.25) is 0 Å². The molecule has 5 heteroatoms. The number of nitrogens with one attached hydrogen (secondary N) is 1. The molecule has 1 atom stereocenters. The maximum absolute atomic E-state index is 12.8. The Labute approximate surface area is 146 Å². The van der Waals surface area contributed by atoms with Gasteiger partial charge in [-0.15, -0.1) is 0 Å². The van der Waals surface area contributed by atoms with Gasteiger partial charge in [0, 0.05) is 24.7 Å². The Morgan fingerprint density at radius 2 is 1.92 bits per heavy atom. The van der Waals surface area contributed by atoms with Crippen molar-refractivity contribution in [2.75, 3.05) is 18.4 Å². The number of carbonyl (C=O) groups excluding carboxylic acids is 1. The molecule has 25 heavy (non-hydrogen) atoms. The minimum atomic E-state index is 0.102. The van der Waals surface area contributed by atoms with Crippen molar-refractivity contribution in [2.45, 2.75) is 25.3 Å². The first-order valence-corrected chi connectivity index (χ1v) is 8.77. The molecule has 2 aromatic carbocycles. The predicted molar refractivity (Wildman–Crippen MR) is 97.6 cm³/mol. The van der Waals surface area contributed by atoms with E-state index in [2.05, 4.69) is 10.3 Å². The molecule has 1 N–H and O–H groups in total. The second-order valence-electron chi connectivity index (χ2n) is 6.38. The third kappa shape index (κ3) is 3.36. The summed E-state index contributed by atoms with van der Waals surface area (Å²) in [6.07, 6.45) is 3.18. The summed E-state index contributed by atoms with van der Waals surface area (Å²) >= 11 is 0. The Morgan fingerprint density at radius 3 is 2.76 bits per heavy atom. The van der Waals surface area contributed by atoms with Crippen LogP contribution < -0.4 is 5.32 Å². The molecule has 1 fully saturated rings. The Morgan fingerprint density at radius 1 is 1.12 bits per heavy atom. The monoisotopic (exact) mass is 335 g/mol. The number of rotatable bonds is 4. The second kappa shape index (κ2) is 6.97. The molecular formula is C20H21N3O2. The molecule has 1 aromatic heterocycles. The lowest BCUT2D eigenvalue weighted by Gasteiger charge is -2.35. The van der Waals surface area contributed by atoms with E-state index in [-0.39, 0.29) is 11.9 Å². The number of fused-ring (bicyclic) bond motifs is 1. The summed E-state index contributed by atoms with van der Waals surface area (Å²) < 4.78 is 5.71. The highest BCUT2D eigenvalue weighted by atomic mass is 16.4. The van der Waals surface area contributed by atoms with E-state index >= 15 is 0 Å². The molecule has 0 bridgehead atoms. The molecule has 1 saturated heterocycles. The molecule has 1 aliphatic rings. The quantitative estimate of drug-likeness (QED) is 0.785. The van der Waals surface area contributed by atoms with Crippen LogP contribution in [0.25, 0.3) is 11.1 Å². The number of benzene rings is 2. The van der Waals surface area contributed by atoms with Gasteiger partial charge in [0.15, 0.2) is 5.58 Å². The Hall–Kier alpha value is -2.82. The highest BCUT2D eigenvalue weighted by Crippen LogP contribution is 2.22. The first-order valence-electron chi connectivity index (χ1n) is 8.77. The number of para-hydroxylation sites is 2. The first kappa shape index (κ1) is 15.7. The number of hydrogen-bond donors (Lipinski definition) is 1. The van der Waals surface area contributed by atoms with Crippen LogP contribution in [0.1, 0.15) is 29.6 Å². The van der Waals surface area contributed by atoms with Crippen LogP contribution in [0.2, 0.25) is 0 Å². The van der Waals surface area contributed by atoms with E-state index in [1.54, 1.807) is 0 Å². The van der Waals surface area contributed by atoms with E-state index < -0.39 is 0 Å². The minimum Gasteiger partial charge on any atom is -0.424 e. The number of carbonyl (C=O) groups is 1. The number of oxazole rings is 1. The summed E-state index contributed by atoms with van der Waals surface area (Å²) in [6.45, 7) is 1.44. The Bertz CT molecular complexity index is 827. The fourth-order valence-corrected chi connectivity index (χ4v) is 3.38.